The van der Waals surface area contributed by atoms with Crippen LogP contribution in [0.15, 0.2) is 30.4 Å². The molecule has 0 aromatic heterocycles. The number of benzene rings is 1. The molecule has 1 amide bonds. The molecule has 0 fully saturated rings. The second kappa shape index (κ2) is 5.58. The van der Waals surface area contributed by atoms with Crippen LogP contribution in [-0.2, 0) is 0 Å². The second-order valence-corrected chi connectivity index (χ2v) is 4.45. The van der Waals surface area contributed by atoms with E-state index in [1.807, 2.05) is 0 Å². The molecule has 1 aliphatic rings. The third-order valence-electron chi connectivity index (χ3n) is 3.03. The van der Waals surface area contributed by atoms with E-state index in [0.717, 1.165) is 19.3 Å². The molecule has 96 valence electrons. The first-order chi connectivity index (χ1) is 8.69. The third-order valence-corrected chi connectivity index (χ3v) is 3.03. The smallest absolute Gasteiger partial charge is 0.251 e. The van der Waals surface area contributed by atoms with Gasteiger partial charge in [-0.3, -0.25) is 4.79 Å². The molecule has 4 heteroatoms. The van der Waals surface area contributed by atoms with Gasteiger partial charge in [-0.1, -0.05) is 12.2 Å². The number of hydrogen-bond donors (Lipinski definition) is 2. The van der Waals surface area contributed by atoms with Crippen molar-refractivity contribution in [3.05, 3.63) is 35.9 Å². The number of rotatable bonds is 3. The second-order valence-electron chi connectivity index (χ2n) is 4.45. The number of allylic oxidation sites excluding steroid dienone is 1. The minimum Gasteiger partial charge on any atom is -0.497 e. The van der Waals surface area contributed by atoms with Gasteiger partial charge in [0.25, 0.3) is 5.91 Å². The zero-order valence-corrected chi connectivity index (χ0v) is 10.5. The van der Waals surface area contributed by atoms with Gasteiger partial charge in [-0.2, -0.15) is 0 Å². The number of nitrogens with two attached hydrogens (primary N) is 1. The lowest BCUT2D eigenvalue weighted by Crippen LogP contribution is -2.35. The Morgan fingerprint density at radius 1 is 1.39 bits per heavy atom. The molecular weight excluding hydrogens is 228 g/mol. The molecule has 0 saturated carbocycles. The highest BCUT2D eigenvalue weighted by molar-refractivity contribution is 5.95. The predicted molar refractivity (Wildman–Crippen MR) is 71.7 cm³/mol. The molecule has 0 spiro atoms. The number of hydrogen-bond acceptors (Lipinski definition) is 3. The molecule has 2 rings (SSSR count). The molecule has 1 aromatic carbocycles. The Morgan fingerprint density at radius 3 is 2.89 bits per heavy atom. The number of anilines is 1. The van der Waals surface area contributed by atoms with E-state index in [-0.39, 0.29) is 11.9 Å². The summed E-state index contributed by atoms with van der Waals surface area (Å²) in [5.41, 5.74) is 6.81. The summed E-state index contributed by atoms with van der Waals surface area (Å²) in [4.78, 5) is 12.1. The minimum absolute atomic E-state index is 0.0964. The summed E-state index contributed by atoms with van der Waals surface area (Å²) in [5.74, 6) is 0.504. The van der Waals surface area contributed by atoms with Crippen LogP contribution in [0.4, 0.5) is 5.69 Å². The van der Waals surface area contributed by atoms with Gasteiger partial charge < -0.3 is 15.8 Å². The quantitative estimate of drug-likeness (QED) is 0.634. The van der Waals surface area contributed by atoms with Crippen LogP contribution >= 0.6 is 0 Å². The van der Waals surface area contributed by atoms with E-state index in [2.05, 4.69) is 17.5 Å². The van der Waals surface area contributed by atoms with E-state index >= 15 is 0 Å². The van der Waals surface area contributed by atoms with Gasteiger partial charge in [0.05, 0.1) is 7.11 Å². The van der Waals surface area contributed by atoms with Crippen LogP contribution in [0.5, 0.6) is 5.75 Å². The maximum absolute atomic E-state index is 12.1. The van der Waals surface area contributed by atoms with E-state index < -0.39 is 0 Å². The van der Waals surface area contributed by atoms with Crippen LogP contribution in [0.1, 0.15) is 29.6 Å². The Hall–Kier alpha value is -1.97. The van der Waals surface area contributed by atoms with Crippen molar-refractivity contribution < 1.29 is 9.53 Å². The number of methoxy groups -OCH3 is 1. The monoisotopic (exact) mass is 246 g/mol. The molecule has 1 atom stereocenters. The largest absolute Gasteiger partial charge is 0.497 e. The molecule has 1 aliphatic carbocycles. The first kappa shape index (κ1) is 12.5. The van der Waals surface area contributed by atoms with Gasteiger partial charge in [0.15, 0.2) is 0 Å². The van der Waals surface area contributed by atoms with Crippen molar-refractivity contribution in [2.45, 2.75) is 25.3 Å². The first-order valence-electron chi connectivity index (χ1n) is 6.09. The van der Waals surface area contributed by atoms with Gasteiger partial charge >= 0.3 is 0 Å². The summed E-state index contributed by atoms with van der Waals surface area (Å²) < 4.78 is 5.10. The van der Waals surface area contributed by atoms with E-state index in [0.29, 0.717) is 17.0 Å². The van der Waals surface area contributed by atoms with Gasteiger partial charge in [-0.05, 0) is 31.4 Å². The van der Waals surface area contributed by atoms with Crippen LogP contribution in [0, 0.1) is 0 Å². The summed E-state index contributed by atoms with van der Waals surface area (Å²) in [6.07, 6.45) is 7.15. The number of carbonyl (C=O) groups excluding carboxylic acids is 1. The zero-order chi connectivity index (χ0) is 13.0. The number of carbonyl (C=O) groups is 1. The van der Waals surface area contributed by atoms with E-state index in [1.165, 1.54) is 0 Å². The van der Waals surface area contributed by atoms with Gasteiger partial charge in [-0.25, -0.2) is 0 Å². The summed E-state index contributed by atoms with van der Waals surface area (Å²) in [7, 11) is 1.56. The van der Waals surface area contributed by atoms with Crippen LogP contribution in [0.2, 0.25) is 0 Å². The fraction of sp³-hybridized carbons (Fsp3) is 0.357. The predicted octanol–water partition coefficient (Wildman–Crippen LogP) is 2.12. The van der Waals surface area contributed by atoms with Gasteiger partial charge in [0.1, 0.15) is 5.75 Å². The van der Waals surface area contributed by atoms with Crippen molar-refractivity contribution in [2.24, 2.45) is 0 Å². The molecule has 0 heterocycles. The highest BCUT2D eigenvalue weighted by atomic mass is 16.5. The highest BCUT2D eigenvalue weighted by Crippen LogP contribution is 2.19. The Balaban J connectivity index is 2.08. The number of amides is 1. The maximum Gasteiger partial charge on any atom is 0.251 e. The molecule has 3 N–H and O–H groups in total. The van der Waals surface area contributed by atoms with E-state index in [4.69, 9.17) is 10.5 Å². The van der Waals surface area contributed by atoms with E-state index in [9.17, 15) is 4.79 Å². The molecule has 0 bridgehead atoms. The van der Waals surface area contributed by atoms with Crippen molar-refractivity contribution in [1.82, 2.24) is 5.32 Å². The molecule has 0 aliphatic heterocycles. The van der Waals surface area contributed by atoms with Gasteiger partial charge in [0, 0.05) is 23.4 Å². The average molecular weight is 246 g/mol. The lowest BCUT2D eigenvalue weighted by atomic mass is 10.0. The Bertz CT molecular complexity index is 469. The van der Waals surface area contributed by atoms with Gasteiger partial charge in [-0.15, -0.1) is 0 Å². The lowest BCUT2D eigenvalue weighted by Gasteiger charge is -2.19. The highest BCUT2D eigenvalue weighted by Gasteiger charge is 2.15. The van der Waals surface area contributed by atoms with Crippen LogP contribution in [-0.4, -0.2) is 19.1 Å². The summed E-state index contributed by atoms with van der Waals surface area (Å²) in [5, 5.41) is 3.01. The van der Waals surface area contributed by atoms with Crippen molar-refractivity contribution in [3.8, 4) is 5.75 Å². The number of ether oxygens (including phenoxy) is 1. The van der Waals surface area contributed by atoms with Crippen molar-refractivity contribution in [1.29, 1.82) is 0 Å². The summed E-state index contributed by atoms with van der Waals surface area (Å²) in [6.45, 7) is 0. The first-order valence-corrected chi connectivity index (χ1v) is 6.09. The molecular formula is C14H18N2O2. The topological polar surface area (TPSA) is 64.3 Å². The van der Waals surface area contributed by atoms with Crippen molar-refractivity contribution >= 4 is 11.6 Å². The van der Waals surface area contributed by atoms with Crippen LogP contribution < -0.4 is 15.8 Å². The number of nitrogen functional groups attached to an aromatic ring is 1. The minimum atomic E-state index is -0.0964. The molecule has 1 aromatic rings. The Kier molecular flexibility index (Phi) is 3.87. The summed E-state index contributed by atoms with van der Waals surface area (Å²) >= 11 is 0. The van der Waals surface area contributed by atoms with Gasteiger partial charge in [0.2, 0.25) is 0 Å². The average Bonchev–Trinajstić information content (AvgIpc) is 2.39. The fourth-order valence-corrected chi connectivity index (χ4v) is 2.06. The van der Waals surface area contributed by atoms with Crippen molar-refractivity contribution in [3.63, 3.8) is 0 Å². The zero-order valence-electron chi connectivity index (χ0n) is 10.5. The molecule has 1 unspecified atom stereocenters. The summed E-state index contributed by atoms with van der Waals surface area (Å²) in [6, 6.07) is 5.27. The lowest BCUT2D eigenvalue weighted by molar-refractivity contribution is 0.0934. The normalized spacial score (nSPS) is 18.4. The standard InChI is InChI=1S/C14H18N2O2/c1-18-13-8-10(7-11(15)9-13)14(17)16-12-5-3-2-4-6-12/h2-3,7-9,12H,4-6,15H2,1H3,(H,16,17). The van der Waals surface area contributed by atoms with Crippen LogP contribution in [0.3, 0.4) is 0 Å². The molecule has 4 nitrogen and oxygen atoms in total. The van der Waals surface area contributed by atoms with Crippen LogP contribution in [0.25, 0.3) is 0 Å². The SMILES string of the molecule is COc1cc(N)cc(C(=O)NC2CC=CCC2)c1. The molecule has 18 heavy (non-hydrogen) atoms. The molecule has 0 saturated heterocycles. The molecule has 0 radical (unpaired) electrons. The Labute approximate surface area is 107 Å². The van der Waals surface area contributed by atoms with E-state index in [1.54, 1.807) is 25.3 Å². The maximum atomic E-state index is 12.1. The Morgan fingerprint density at radius 2 is 2.22 bits per heavy atom. The fourth-order valence-electron chi connectivity index (χ4n) is 2.06. The third kappa shape index (κ3) is 3.03. The van der Waals surface area contributed by atoms with Crippen molar-refractivity contribution in [2.75, 3.05) is 12.8 Å². The number of nitrogens with one attached hydrogen (secondary N) is 1.